The molecular formula is C15H13BrClNO3. The molecule has 110 valence electrons. The summed E-state index contributed by atoms with van der Waals surface area (Å²) in [6.45, 7) is 3.59. The maximum atomic E-state index is 11.2. The van der Waals surface area contributed by atoms with Crippen LogP contribution in [0.25, 0.3) is 0 Å². The van der Waals surface area contributed by atoms with E-state index in [2.05, 4.69) is 15.9 Å². The van der Waals surface area contributed by atoms with Gasteiger partial charge in [-0.2, -0.15) is 0 Å². The van der Waals surface area contributed by atoms with Crippen molar-refractivity contribution in [2.75, 3.05) is 0 Å². The number of halogens is 2. The number of hydrogen-bond donors (Lipinski definition) is 0. The summed E-state index contributed by atoms with van der Waals surface area (Å²) in [5, 5.41) is 12.2. The van der Waals surface area contributed by atoms with Gasteiger partial charge < -0.3 is 4.74 Å². The SMILES string of the molecule is Cc1cc(C)c(Oc2c(Cl)cccc2CBr)c([N+](=O)[O-])c1. The number of para-hydroxylation sites is 1. The Hall–Kier alpha value is -1.59. The highest BCUT2D eigenvalue weighted by atomic mass is 79.9. The number of nitro benzene ring substituents is 1. The summed E-state index contributed by atoms with van der Waals surface area (Å²) in [4.78, 5) is 10.8. The van der Waals surface area contributed by atoms with Crippen LogP contribution in [-0.2, 0) is 5.33 Å². The second kappa shape index (κ2) is 6.45. The number of benzene rings is 2. The summed E-state index contributed by atoms with van der Waals surface area (Å²) in [6, 6.07) is 8.69. The zero-order valence-corrected chi connectivity index (χ0v) is 13.9. The second-order valence-corrected chi connectivity index (χ2v) is 5.62. The molecule has 0 spiro atoms. The van der Waals surface area contributed by atoms with Crippen LogP contribution in [0.15, 0.2) is 30.3 Å². The standard InChI is InChI=1S/C15H13BrClNO3/c1-9-6-10(2)14(13(7-9)18(19)20)21-15-11(8-16)4-3-5-12(15)17/h3-7H,8H2,1-2H3. The highest BCUT2D eigenvalue weighted by molar-refractivity contribution is 9.08. The van der Waals surface area contributed by atoms with Crippen LogP contribution in [0.3, 0.4) is 0 Å². The molecule has 0 aromatic heterocycles. The Morgan fingerprint density at radius 2 is 2.00 bits per heavy atom. The zero-order valence-electron chi connectivity index (χ0n) is 11.5. The number of ether oxygens (including phenoxy) is 1. The maximum Gasteiger partial charge on any atom is 0.312 e. The molecule has 0 heterocycles. The minimum Gasteiger partial charge on any atom is -0.448 e. The molecule has 0 unspecified atom stereocenters. The van der Waals surface area contributed by atoms with Gasteiger partial charge >= 0.3 is 5.69 Å². The monoisotopic (exact) mass is 369 g/mol. The molecule has 0 saturated carbocycles. The predicted molar refractivity (Wildman–Crippen MR) is 86.7 cm³/mol. The third-order valence-electron chi connectivity index (χ3n) is 2.99. The molecule has 0 fully saturated rings. The smallest absolute Gasteiger partial charge is 0.312 e. The minimum atomic E-state index is -0.444. The van der Waals surface area contributed by atoms with Crippen molar-refractivity contribution in [2.45, 2.75) is 19.2 Å². The van der Waals surface area contributed by atoms with Gasteiger partial charge in [0.1, 0.15) is 5.75 Å². The van der Waals surface area contributed by atoms with Gasteiger partial charge in [-0.3, -0.25) is 10.1 Å². The van der Waals surface area contributed by atoms with E-state index in [0.717, 1.165) is 11.1 Å². The summed E-state index contributed by atoms with van der Waals surface area (Å²) in [5.41, 5.74) is 2.28. The largest absolute Gasteiger partial charge is 0.448 e. The van der Waals surface area contributed by atoms with Gasteiger partial charge in [0.05, 0.1) is 9.95 Å². The van der Waals surface area contributed by atoms with Gasteiger partial charge in [-0.05, 0) is 31.0 Å². The fourth-order valence-corrected chi connectivity index (χ4v) is 2.75. The fourth-order valence-electron chi connectivity index (χ4n) is 2.08. The quantitative estimate of drug-likeness (QED) is 0.402. The Bertz CT molecular complexity index is 704. The first-order valence-electron chi connectivity index (χ1n) is 6.21. The van der Waals surface area contributed by atoms with Crippen LogP contribution < -0.4 is 4.74 Å². The van der Waals surface area contributed by atoms with E-state index < -0.39 is 4.92 Å². The first kappa shape index (κ1) is 15.8. The Labute approximate surface area is 136 Å². The number of hydrogen-bond acceptors (Lipinski definition) is 3. The Kier molecular flexibility index (Phi) is 4.85. The van der Waals surface area contributed by atoms with E-state index in [1.807, 2.05) is 25.1 Å². The Morgan fingerprint density at radius 1 is 1.29 bits per heavy atom. The Morgan fingerprint density at radius 3 is 2.62 bits per heavy atom. The van der Waals surface area contributed by atoms with E-state index in [-0.39, 0.29) is 11.4 Å². The van der Waals surface area contributed by atoms with Crippen LogP contribution in [0.4, 0.5) is 5.69 Å². The number of nitro groups is 1. The average Bonchev–Trinajstić information content (AvgIpc) is 2.42. The topological polar surface area (TPSA) is 52.4 Å². The molecule has 0 amide bonds. The van der Waals surface area contributed by atoms with Gasteiger partial charge in [0, 0.05) is 17.0 Å². The normalized spacial score (nSPS) is 10.5. The molecule has 2 aromatic rings. The average molecular weight is 371 g/mol. The van der Waals surface area contributed by atoms with Crippen LogP contribution in [0, 0.1) is 24.0 Å². The molecule has 0 bridgehead atoms. The van der Waals surface area contributed by atoms with Gasteiger partial charge in [-0.15, -0.1) is 0 Å². The number of aryl methyl sites for hydroxylation is 2. The van der Waals surface area contributed by atoms with Gasteiger partial charge in [-0.25, -0.2) is 0 Å². The van der Waals surface area contributed by atoms with E-state index in [0.29, 0.717) is 21.7 Å². The third-order valence-corrected chi connectivity index (χ3v) is 3.89. The highest BCUT2D eigenvalue weighted by Crippen LogP contribution is 2.40. The summed E-state index contributed by atoms with van der Waals surface area (Å²) in [7, 11) is 0. The number of rotatable bonds is 4. The van der Waals surface area contributed by atoms with Crippen molar-refractivity contribution in [3.63, 3.8) is 0 Å². The highest BCUT2D eigenvalue weighted by Gasteiger charge is 2.21. The van der Waals surface area contributed by atoms with E-state index >= 15 is 0 Å². The van der Waals surface area contributed by atoms with Crippen molar-refractivity contribution in [3.05, 3.63) is 62.2 Å². The predicted octanol–water partition coefficient (Wildman–Crippen LogP) is 5.55. The molecule has 0 aliphatic carbocycles. The van der Waals surface area contributed by atoms with Crippen molar-refractivity contribution < 1.29 is 9.66 Å². The molecule has 0 N–H and O–H groups in total. The lowest BCUT2D eigenvalue weighted by Gasteiger charge is -2.14. The molecular weight excluding hydrogens is 358 g/mol. The van der Waals surface area contributed by atoms with Gasteiger partial charge in [0.2, 0.25) is 5.75 Å². The van der Waals surface area contributed by atoms with Crippen LogP contribution in [0.1, 0.15) is 16.7 Å². The third kappa shape index (κ3) is 3.36. The first-order chi connectivity index (χ1) is 9.93. The lowest BCUT2D eigenvalue weighted by molar-refractivity contribution is -0.385. The van der Waals surface area contributed by atoms with E-state index in [4.69, 9.17) is 16.3 Å². The molecule has 0 radical (unpaired) electrons. The summed E-state index contributed by atoms with van der Waals surface area (Å²) >= 11 is 9.52. The minimum absolute atomic E-state index is 0.0621. The Balaban J connectivity index is 2.57. The van der Waals surface area contributed by atoms with Gasteiger partial charge in [0.25, 0.3) is 0 Å². The van der Waals surface area contributed by atoms with E-state index in [1.54, 1.807) is 13.0 Å². The molecule has 0 aliphatic heterocycles. The molecule has 2 aromatic carbocycles. The zero-order chi connectivity index (χ0) is 15.6. The van der Waals surface area contributed by atoms with Gasteiger partial charge in [0.15, 0.2) is 0 Å². The summed E-state index contributed by atoms with van der Waals surface area (Å²) in [5.74, 6) is 0.659. The lowest BCUT2D eigenvalue weighted by atomic mass is 10.1. The molecule has 4 nitrogen and oxygen atoms in total. The van der Waals surface area contributed by atoms with Crippen LogP contribution >= 0.6 is 27.5 Å². The van der Waals surface area contributed by atoms with E-state index in [1.165, 1.54) is 6.07 Å². The van der Waals surface area contributed by atoms with Crippen LogP contribution in [0.5, 0.6) is 11.5 Å². The molecule has 2 rings (SSSR count). The van der Waals surface area contributed by atoms with Crippen LogP contribution in [-0.4, -0.2) is 4.92 Å². The maximum absolute atomic E-state index is 11.2. The van der Waals surface area contributed by atoms with Crippen molar-refractivity contribution in [1.82, 2.24) is 0 Å². The van der Waals surface area contributed by atoms with Crippen molar-refractivity contribution in [3.8, 4) is 11.5 Å². The summed E-state index contributed by atoms with van der Waals surface area (Å²) < 4.78 is 5.81. The van der Waals surface area contributed by atoms with Crippen molar-refractivity contribution >= 4 is 33.2 Å². The molecule has 0 atom stereocenters. The van der Waals surface area contributed by atoms with Crippen molar-refractivity contribution in [1.29, 1.82) is 0 Å². The lowest BCUT2D eigenvalue weighted by Crippen LogP contribution is -1.98. The fraction of sp³-hybridized carbons (Fsp3) is 0.200. The molecule has 21 heavy (non-hydrogen) atoms. The molecule has 6 heteroatoms. The van der Waals surface area contributed by atoms with Crippen LogP contribution in [0.2, 0.25) is 5.02 Å². The molecule has 0 aliphatic rings. The van der Waals surface area contributed by atoms with E-state index in [9.17, 15) is 10.1 Å². The second-order valence-electron chi connectivity index (χ2n) is 4.65. The number of nitrogens with zero attached hydrogens (tertiary/aromatic N) is 1. The first-order valence-corrected chi connectivity index (χ1v) is 7.70. The van der Waals surface area contributed by atoms with Crippen molar-refractivity contribution in [2.24, 2.45) is 0 Å². The van der Waals surface area contributed by atoms with Gasteiger partial charge in [-0.1, -0.05) is 45.7 Å². The summed E-state index contributed by atoms with van der Waals surface area (Å²) in [6.07, 6.45) is 0. The molecule has 0 saturated heterocycles. The number of alkyl halides is 1.